The number of nitrogens with one attached hydrogen (secondary N) is 1. The molecule has 0 aliphatic carbocycles. The van der Waals surface area contributed by atoms with Crippen LogP contribution >= 0.6 is 0 Å². The molecule has 8 nitrogen and oxygen atoms in total. The van der Waals surface area contributed by atoms with Gasteiger partial charge in [0.25, 0.3) is 0 Å². The summed E-state index contributed by atoms with van der Waals surface area (Å²) in [7, 11) is 0. The zero-order valence-corrected chi connectivity index (χ0v) is 19.5. The van der Waals surface area contributed by atoms with Gasteiger partial charge < -0.3 is 15.8 Å². The molecule has 35 heavy (non-hydrogen) atoms. The van der Waals surface area contributed by atoms with E-state index in [-0.39, 0.29) is 5.56 Å². The molecule has 0 saturated carbocycles. The molecule has 1 fully saturated rings. The molecule has 1 amide bonds. The molecule has 0 bridgehead atoms. The molecule has 0 radical (unpaired) electrons. The number of carbonyl (C=O) groups excluding carboxylic acids is 1. The highest BCUT2D eigenvalue weighted by atomic mass is 19.1. The second-order valence-corrected chi connectivity index (χ2v) is 8.64. The van der Waals surface area contributed by atoms with Crippen molar-refractivity contribution in [3.8, 4) is 5.95 Å². The van der Waals surface area contributed by atoms with Gasteiger partial charge in [-0.1, -0.05) is 30.3 Å². The third-order valence-corrected chi connectivity index (χ3v) is 6.19. The van der Waals surface area contributed by atoms with E-state index in [0.29, 0.717) is 49.0 Å². The Bertz CT molecular complexity index is 1370. The fraction of sp³-hybridized carbons (Fsp3) is 0.269. The van der Waals surface area contributed by atoms with Crippen molar-refractivity contribution in [1.29, 1.82) is 0 Å². The summed E-state index contributed by atoms with van der Waals surface area (Å²) in [6, 6.07) is 14.4. The highest BCUT2D eigenvalue weighted by Crippen LogP contribution is 2.28. The molecule has 1 aliphatic rings. The third-order valence-electron chi connectivity index (χ3n) is 6.19. The Hall–Kier alpha value is -3.82. The van der Waals surface area contributed by atoms with E-state index in [2.05, 4.69) is 27.3 Å². The molecule has 3 N–H and O–H groups in total. The van der Waals surface area contributed by atoms with E-state index >= 15 is 0 Å². The first-order valence-corrected chi connectivity index (χ1v) is 11.5. The molecule has 0 unspecified atom stereocenters. The molecule has 3 heterocycles. The van der Waals surface area contributed by atoms with Gasteiger partial charge in [0.15, 0.2) is 0 Å². The van der Waals surface area contributed by atoms with Crippen LogP contribution < -0.4 is 11.1 Å². The number of primary amides is 1. The van der Waals surface area contributed by atoms with Crippen molar-refractivity contribution in [3.63, 3.8) is 0 Å². The number of nitrogens with zero attached hydrogens (tertiary/aromatic N) is 4. The van der Waals surface area contributed by atoms with Crippen LogP contribution in [0.2, 0.25) is 0 Å². The molecular formula is C26H27FN6O2. The lowest BCUT2D eigenvalue weighted by Gasteiger charge is -2.27. The van der Waals surface area contributed by atoms with Gasteiger partial charge in [-0.05, 0) is 30.7 Å². The van der Waals surface area contributed by atoms with Gasteiger partial charge in [0.2, 0.25) is 11.9 Å². The summed E-state index contributed by atoms with van der Waals surface area (Å²) in [6.07, 6.45) is 1.81. The van der Waals surface area contributed by atoms with Gasteiger partial charge in [-0.2, -0.15) is 4.98 Å². The zero-order chi connectivity index (χ0) is 24.4. The largest absolute Gasteiger partial charge is 0.379 e. The second-order valence-electron chi connectivity index (χ2n) is 8.64. The molecule has 0 spiro atoms. The fourth-order valence-electron chi connectivity index (χ4n) is 4.43. The van der Waals surface area contributed by atoms with E-state index in [0.717, 1.165) is 36.0 Å². The molecule has 9 heteroatoms. The van der Waals surface area contributed by atoms with Crippen molar-refractivity contribution < 1.29 is 13.9 Å². The molecule has 1 saturated heterocycles. The molecule has 1 aliphatic heterocycles. The van der Waals surface area contributed by atoms with Crippen LogP contribution in [-0.4, -0.2) is 51.6 Å². The van der Waals surface area contributed by atoms with Gasteiger partial charge in [-0.25, -0.2) is 9.37 Å². The zero-order valence-electron chi connectivity index (χ0n) is 19.5. The summed E-state index contributed by atoms with van der Waals surface area (Å²) in [5.41, 5.74) is 8.98. The number of anilines is 1. The molecule has 4 aromatic rings. The average Bonchev–Trinajstić information content (AvgIpc) is 3.19. The van der Waals surface area contributed by atoms with E-state index < -0.39 is 11.7 Å². The smallest absolute Gasteiger partial charge is 0.249 e. The van der Waals surface area contributed by atoms with Gasteiger partial charge in [0, 0.05) is 49.0 Å². The maximum atomic E-state index is 14.4. The van der Waals surface area contributed by atoms with E-state index in [1.165, 1.54) is 6.07 Å². The second kappa shape index (κ2) is 9.81. The van der Waals surface area contributed by atoms with E-state index in [9.17, 15) is 9.18 Å². The topological polar surface area (TPSA) is 98.3 Å². The Morgan fingerprint density at radius 1 is 1.17 bits per heavy atom. The predicted molar refractivity (Wildman–Crippen MR) is 132 cm³/mol. The quantitative estimate of drug-likeness (QED) is 0.426. The summed E-state index contributed by atoms with van der Waals surface area (Å²) in [4.78, 5) is 23.7. The van der Waals surface area contributed by atoms with Gasteiger partial charge in [-0.3, -0.25) is 14.3 Å². The average molecular weight is 475 g/mol. The summed E-state index contributed by atoms with van der Waals surface area (Å²) in [6.45, 7) is 6.24. The molecule has 2 aromatic heterocycles. The first kappa shape index (κ1) is 22.9. The number of nitrogens with two attached hydrogens (primary N) is 1. The number of carbonyl (C=O) groups is 1. The monoisotopic (exact) mass is 474 g/mol. The highest BCUT2D eigenvalue weighted by molar-refractivity contribution is 6.06. The Morgan fingerprint density at radius 2 is 1.94 bits per heavy atom. The Balaban J connectivity index is 1.56. The lowest BCUT2D eigenvalue weighted by molar-refractivity contribution is 0.0342. The van der Waals surface area contributed by atoms with E-state index in [1.54, 1.807) is 10.6 Å². The normalized spacial score (nSPS) is 14.3. The number of fused-ring (bicyclic) bond motifs is 1. The van der Waals surface area contributed by atoms with Gasteiger partial charge in [0.1, 0.15) is 11.6 Å². The Labute approximate surface area is 202 Å². The first-order chi connectivity index (χ1) is 17.0. The Kier molecular flexibility index (Phi) is 6.43. The van der Waals surface area contributed by atoms with Crippen LogP contribution in [0.3, 0.4) is 0 Å². The van der Waals surface area contributed by atoms with Crippen molar-refractivity contribution in [2.75, 3.05) is 31.6 Å². The number of hydrogen-bond acceptors (Lipinski definition) is 6. The summed E-state index contributed by atoms with van der Waals surface area (Å²) >= 11 is 0. The molecule has 5 rings (SSSR count). The van der Waals surface area contributed by atoms with Crippen LogP contribution in [0.25, 0.3) is 16.9 Å². The maximum absolute atomic E-state index is 14.4. The molecule has 180 valence electrons. The number of halogens is 1. The number of hydrogen-bond donors (Lipinski definition) is 2. The minimum atomic E-state index is -0.682. The molecule has 0 atom stereocenters. The van der Waals surface area contributed by atoms with Gasteiger partial charge in [-0.15, -0.1) is 0 Å². The number of benzene rings is 2. The standard InChI is InChI=1S/C26H27FN6O2/c1-17-11-21-22(24(28)34)12-20(27)13-23(21)33(17)26-30-15-19(16-32-7-9-35-10-8-32)25(31-26)29-14-18-5-3-2-4-6-18/h2-6,11-13,15H,7-10,14,16H2,1H3,(H2,28,34)(H,29,30,31). The van der Waals surface area contributed by atoms with Crippen molar-refractivity contribution >= 4 is 22.6 Å². The van der Waals surface area contributed by atoms with Crippen LogP contribution in [-0.2, 0) is 17.8 Å². The lowest BCUT2D eigenvalue weighted by atomic mass is 10.1. The van der Waals surface area contributed by atoms with E-state index in [1.807, 2.05) is 31.3 Å². The third kappa shape index (κ3) is 4.87. The minimum absolute atomic E-state index is 0.133. The molecule has 2 aromatic carbocycles. The summed E-state index contributed by atoms with van der Waals surface area (Å²) < 4.78 is 21.6. The predicted octanol–water partition coefficient (Wildman–Crippen LogP) is 3.41. The summed E-state index contributed by atoms with van der Waals surface area (Å²) in [5.74, 6) is -0.131. The van der Waals surface area contributed by atoms with Crippen LogP contribution in [0.15, 0.2) is 54.7 Å². The van der Waals surface area contributed by atoms with E-state index in [4.69, 9.17) is 15.5 Å². The number of rotatable bonds is 7. The van der Waals surface area contributed by atoms with Gasteiger partial charge >= 0.3 is 0 Å². The maximum Gasteiger partial charge on any atom is 0.249 e. The lowest BCUT2D eigenvalue weighted by Crippen LogP contribution is -2.36. The van der Waals surface area contributed by atoms with Crippen LogP contribution in [0.5, 0.6) is 0 Å². The molecular weight excluding hydrogens is 447 g/mol. The number of morpholine rings is 1. The van der Waals surface area contributed by atoms with Crippen molar-refractivity contribution in [3.05, 3.63) is 82.9 Å². The number of amides is 1. The van der Waals surface area contributed by atoms with Crippen LogP contribution in [0, 0.1) is 12.7 Å². The highest BCUT2D eigenvalue weighted by Gasteiger charge is 2.19. The first-order valence-electron chi connectivity index (χ1n) is 11.5. The minimum Gasteiger partial charge on any atom is -0.379 e. The number of aromatic nitrogens is 3. The number of aryl methyl sites for hydroxylation is 1. The van der Waals surface area contributed by atoms with Crippen molar-refractivity contribution in [2.24, 2.45) is 5.73 Å². The fourth-order valence-corrected chi connectivity index (χ4v) is 4.43. The van der Waals surface area contributed by atoms with Crippen molar-refractivity contribution in [1.82, 2.24) is 19.4 Å². The SMILES string of the molecule is Cc1cc2c(C(N)=O)cc(F)cc2n1-c1ncc(CN2CCOCC2)c(NCc2ccccc2)n1. The Morgan fingerprint density at radius 3 is 2.69 bits per heavy atom. The van der Waals surface area contributed by atoms with Crippen molar-refractivity contribution in [2.45, 2.75) is 20.0 Å². The van der Waals surface area contributed by atoms with Gasteiger partial charge in [0.05, 0.1) is 24.3 Å². The number of ether oxygens (including phenoxy) is 1. The van der Waals surface area contributed by atoms with Crippen LogP contribution in [0.4, 0.5) is 10.2 Å². The van der Waals surface area contributed by atoms with Crippen LogP contribution in [0.1, 0.15) is 27.2 Å². The summed E-state index contributed by atoms with van der Waals surface area (Å²) in [5, 5.41) is 4.03.